The molecule has 0 unspecified atom stereocenters. The van der Waals surface area contributed by atoms with Crippen molar-refractivity contribution in [2.24, 2.45) is 5.41 Å². The Morgan fingerprint density at radius 3 is 2.29 bits per heavy atom. The van der Waals surface area contributed by atoms with Gasteiger partial charge in [-0.1, -0.05) is 34.8 Å². The predicted octanol–water partition coefficient (Wildman–Crippen LogP) is 5.90. The largest absolute Gasteiger partial charge is 0.493 e. The number of rotatable bonds is 7. The van der Waals surface area contributed by atoms with Gasteiger partial charge in [0.15, 0.2) is 0 Å². The van der Waals surface area contributed by atoms with Crippen LogP contribution in [0.15, 0.2) is 47.4 Å². The van der Waals surface area contributed by atoms with E-state index < -0.39 is 15.4 Å². The summed E-state index contributed by atoms with van der Waals surface area (Å²) < 4.78 is 34.6. The monoisotopic (exact) mass is 558 g/mol. The number of ether oxygens (including phenoxy) is 1. The van der Waals surface area contributed by atoms with Gasteiger partial charge in [-0.25, -0.2) is 8.42 Å². The van der Waals surface area contributed by atoms with Crippen LogP contribution >= 0.6 is 34.8 Å². The third-order valence-corrected chi connectivity index (χ3v) is 9.55. The molecule has 2 aliphatic rings. The Balaban J connectivity index is 1.59. The van der Waals surface area contributed by atoms with Gasteiger partial charge in [0.1, 0.15) is 10.6 Å². The molecule has 0 aliphatic carbocycles. The summed E-state index contributed by atoms with van der Waals surface area (Å²) in [7, 11) is -3.88. The van der Waals surface area contributed by atoms with Crippen molar-refractivity contribution in [3.63, 3.8) is 0 Å². The molecule has 190 valence electrons. The fourth-order valence-corrected chi connectivity index (χ4v) is 7.31. The van der Waals surface area contributed by atoms with Crippen LogP contribution in [0.1, 0.15) is 38.5 Å². The topological polar surface area (TPSA) is 66.9 Å². The second-order valence-electron chi connectivity index (χ2n) is 9.38. The number of halogens is 3. The summed E-state index contributed by atoms with van der Waals surface area (Å²) in [5, 5.41) is 1.04. The Morgan fingerprint density at radius 2 is 1.60 bits per heavy atom. The van der Waals surface area contributed by atoms with Gasteiger partial charge in [0, 0.05) is 48.1 Å². The first-order chi connectivity index (χ1) is 16.7. The van der Waals surface area contributed by atoms with E-state index in [1.54, 1.807) is 24.3 Å². The maximum atomic E-state index is 13.6. The molecule has 35 heavy (non-hydrogen) atoms. The minimum Gasteiger partial charge on any atom is -0.493 e. The van der Waals surface area contributed by atoms with Crippen LogP contribution in [0.2, 0.25) is 15.1 Å². The molecule has 1 amide bonds. The normalized spacial score (nSPS) is 21.6. The first-order valence-corrected chi connectivity index (χ1v) is 14.4. The fourth-order valence-electron chi connectivity index (χ4n) is 4.85. The summed E-state index contributed by atoms with van der Waals surface area (Å²) in [6.45, 7) is 2.22. The van der Waals surface area contributed by atoms with Crippen LogP contribution in [-0.2, 0) is 14.8 Å². The predicted molar refractivity (Wildman–Crippen MR) is 139 cm³/mol. The quantitative estimate of drug-likeness (QED) is 0.424. The van der Waals surface area contributed by atoms with Gasteiger partial charge in [0.05, 0.1) is 11.6 Å². The third-order valence-electron chi connectivity index (χ3n) is 6.73. The van der Waals surface area contributed by atoms with Crippen molar-refractivity contribution >= 4 is 50.7 Å². The standard InChI is InChI=1S/C25H29Cl3N2O4S/c26-19-5-8-21(9-6-19)34-18-25(16-24(31)29-12-2-1-3-13-29)11-4-14-30(17-25)35(32,33)23-10-7-20(27)15-22(23)28/h5-10,15H,1-4,11-14,16-18H2/t25-/m1/s1. The number of nitrogens with zero attached hydrogens (tertiary/aromatic N) is 2. The van der Waals surface area contributed by atoms with Crippen LogP contribution in [-0.4, -0.2) is 56.3 Å². The number of likely N-dealkylation sites (tertiary alicyclic amines) is 1. The van der Waals surface area contributed by atoms with E-state index in [0.717, 1.165) is 32.4 Å². The van der Waals surface area contributed by atoms with Crippen molar-refractivity contribution in [1.82, 2.24) is 9.21 Å². The highest BCUT2D eigenvalue weighted by atomic mass is 35.5. The molecule has 2 aromatic rings. The molecule has 2 fully saturated rings. The zero-order valence-electron chi connectivity index (χ0n) is 19.4. The lowest BCUT2D eigenvalue weighted by atomic mass is 9.78. The average molecular weight is 560 g/mol. The molecular formula is C25H29Cl3N2O4S. The maximum absolute atomic E-state index is 13.6. The molecule has 0 aromatic heterocycles. The summed E-state index contributed by atoms with van der Waals surface area (Å²) in [6, 6.07) is 11.4. The molecule has 0 bridgehead atoms. The van der Waals surface area contributed by atoms with Crippen LogP contribution in [0.4, 0.5) is 0 Å². The van der Waals surface area contributed by atoms with E-state index in [1.165, 1.54) is 22.5 Å². The second-order valence-corrected chi connectivity index (χ2v) is 12.6. The number of hydrogen-bond donors (Lipinski definition) is 0. The molecule has 2 aromatic carbocycles. The van der Waals surface area contributed by atoms with E-state index in [1.807, 2.05) is 4.90 Å². The second kappa shape index (κ2) is 11.3. The van der Waals surface area contributed by atoms with Crippen molar-refractivity contribution in [2.75, 3.05) is 32.8 Å². The van der Waals surface area contributed by atoms with E-state index >= 15 is 0 Å². The number of benzene rings is 2. The van der Waals surface area contributed by atoms with Crippen molar-refractivity contribution in [3.8, 4) is 5.75 Å². The van der Waals surface area contributed by atoms with Crippen LogP contribution in [0.25, 0.3) is 0 Å². The van der Waals surface area contributed by atoms with E-state index in [9.17, 15) is 13.2 Å². The molecule has 2 aliphatic heterocycles. The van der Waals surface area contributed by atoms with Crippen molar-refractivity contribution in [3.05, 3.63) is 57.5 Å². The number of sulfonamides is 1. The van der Waals surface area contributed by atoms with Crippen molar-refractivity contribution in [1.29, 1.82) is 0 Å². The van der Waals surface area contributed by atoms with Crippen LogP contribution < -0.4 is 4.74 Å². The third kappa shape index (κ3) is 6.44. The molecule has 0 N–H and O–H groups in total. The summed E-state index contributed by atoms with van der Waals surface area (Å²) in [5.41, 5.74) is -0.668. The molecule has 0 spiro atoms. The number of carbonyl (C=O) groups excluding carboxylic acids is 1. The molecule has 0 saturated carbocycles. The van der Waals surface area contributed by atoms with Crippen LogP contribution in [0.3, 0.4) is 0 Å². The summed E-state index contributed by atoms with van der Waals surface area (Å²) in [4.78, 5) is 15.2. The van der Waals surface area contributed by atoms with Gasteiger partial charge in [0.2, 0.25) is 15.9 Å². The molecule has 10 heteroatoms. The Hall–Kier alpha value is -1.51. The molecule has 1 atom stereocenters. The van der Waals surface area contributed by atoms with Gasteiger partial charge in [-0.05, 0) is 74.6 Å². The number of hydrogen-bond acceptors (Lipinski definition) is 4. The Bertz CT molecular complexity index is 1150. The van der Waals surface area contributed by atoms with E-state index in [-0.39, 0.29) is 35.4 Å². The minimum atomic E-state index is -3.88. The van der Waals surface area contributed by atoms with Gasteiger partial charge in [0.25, 0.3) is 0 Å². The molecule has 2 saturated heterocycles. The van der Waals surface area contributed by atoms with Gasteiger partial charge >= 0.3 is 0 Å². The highest BCUT2D eigenvalue weighted by molar-refractivity contribution is 7.89. The fraction of sp³-hybridized carbons (Fsp3) is 0.480. The summed E-state index contributed by atoms with van der Waals surface area (Å²) in [5.74, 6) is 0.674. The van der Waals surface area contributed by atoms with E-state index in [4.69, 9.17) is 39.5 Å². The number of amides is 1. The molecule has 0 radical (unpaired) electrons. The van der Waals surface area contributed by atoms with Gasteiger partial charge in [-0.15, -0.1) is 0 Å². The highest BCUT2D eigenvalue weighted by Gasteiger charge is 2.43. The summed E-state index contributed by atoms with van der Waals surface area (Å²) in [6.07, 6.45) is 4.64. The lowest BCUT2D eigenvalue weighted by Crippen LogP contribution is -2.51. The van der Waals surface area contributed by atoms with E-state index in [2.05, 4.69) is 0 Å². The zero-order valence-corrected chi connectivity index (χ0v) is 22.5. The molecule has 4 rings (SSSR count). The highest BCUT2D eigenvalue weighted by Crippen LogP contribution is 2.39. The molecule has 6 nitrogen and oxygen atoms in total. The Morgan fingerprint density at radius 1 is 0.914 bits per heavy atom. The van der Waals surface area contributed by atoms with Crippen molar-refractivity contribution < 1.29 is 17.9 Å². The average Bonchev–Trinajstić information content (AvgIpc) is 2.84. The number of carbonyl (C=O) groups is 1. The van der Waals surface area contributed by atoms with E-state index in [0.29, 0.717) is 35.2 Å². The minimum absolute atomic E-state index is 0.0142. The smallest absolute Gasteiger partial charge is 0.244 e. The molecular weight excluding hydrogens is 531 g/mol. The number of piperidine rings is 2. The van der Waals surface area contributed by atoms with Crippen LogP contribution in [0, 0.1) is 5.41 Å². The van der Waals surface area contributed by atoms with Gasteiger partial charge in [-0.2, -0.15) is 4.31 Å². The van der Waals surface area contributed by atoms with Gasteiger partial charge < -0.3 is 9.64 Å². The van der Waals surface area contributed by atoms with Crippen molar-refractivity contribution in [2.45, 2.75) is 43.4 Å². The Kier molecular flexibility index (Phi) is 8.54. The lowest BCUT2D eigenvalue weighted by molar-refractivity contribution is -0.136. The maximum Gasteiger partial charge on any atom is 0.244 e. The Labute approximate surface area is 222 Å². The molecule has 2 heterocycles. The summed E-state index contributed by atoms with van der Waals surface area (Å²) >= 11 is 18.2. The van der Waals surface area contributed by atoms with Crippen LogP contribution in [0.5, 0.6) is 5.75 Å². The first kappa shape index (κ1) is 26.6. The zero-order chi connectivity index (χ0) is 25.1. The SMILES string of the molecule is O=C(C[C@]1(COc2ccc(Cl)cc2)CCCN(S(=O)(=O)c2ccc(Cl)cc2Cl)C1)N1CCCCC1. The lowest BCUT2D eigenvalue weighted by Gasteiger charge is -2.42. The first-order valence-electron chi connectivity index (χ1n) is 11.8. The van der Waals surface area contributed by atoms with Gasteiger partial charge in [-0.3, -0.25) is 4.79 Å².